The van der Waals surface area contributed by atoms with Crippen LogP contribution in [0.2, 0.25) is 0 Å². The van der Waals surface area contributed by atoms with Crippen molar-refractivity contribution >= 4 is 38.9 Å². The number of fused-ring (bicyclic) bond motifs is 1. The lowest BCUT2D eigenvalue weighted by Gasteiger charge is -2.23. The van der Waals surface area contributed by atoms with E-state index in [4.69, 9.17) is 5.73 Å². The van der Waals surface area contributed by atoms with Crippen LogP contribution in [0, 0.1) is 6.92 Å². The minimum absolute atomic E-state index is 0.171. The highest BCUT2D eigenvalue weighted by Crippen LogP contribution is 2.29. The van der Waals surface area contributed by atoms with E-state index in [9.17, 15) is 8.42 Å². The Morgan fingerprint density at radius 3 is 2.81 bits per heavy atom. The van der Waals surface area contributed by atoms with Crippen LogP contribution in [0.4, 0.5) is 5.95 Å². The van der Waals surface area contributed by atoms with E-state index in [1.54, 1.807) is 40.7 Å². The molecule has 2 aromatic heterocycles. The summed E-state index contributed by atoms with van der Waals surface area (Å²) in [5.74, 6) is 1.32. The van der Waals surface area contributed by atoms with Gasteiger partial charge in [0.2, 0.25) is 16.0 Å². The van der Waals surface area contributed by atoms with Crippen molar-refractivity contribution in [3.8, 4) is 0 Å². The van der Waals surface area contributed by atoms with Gasteiger partial charge >= 0.3 is 0 Å². The number of imidazole rings is 1. The molecule has 0 bridgehead atoms. The topological polar surface area (TPSA) is 107 Å². The zero-order valence-electron chi connectivity index (χ0n) is 14.1. The van der Waals surface area contributed by atoms with E-state index in [1.165, 1.54) is 0 Å². The highest BCUT2D eigenvalue weighted by atomic mass is 32.2. The second-order valence-corrected chi connectivity index (χ2v) is 9.08. The summed E-state index contributed by atoms with van der Waals surface area (Å²) in [6.45, 7) is 2.40. The van der Waals surface area contributed by atoms with Crippen LogP contribution in [0.5, 0.6) is 0 Å². The minimum Gasteiger partial charge on any atom is -0.368 e. The summed E-state index contributed by atoms with van der Waals surface area (Å²) in [6.07, 6.45) is 3.22. The van der Waals surface area contributed by atoms with Crippen molar-refractivity contribution in [2.45, 2.75) is 24.4 Å². The van der Waals surface area contributed by atoms with Crippen LogP contribution in [0.25, 0.3) is 11.2 Å². The molecule has 0 amide bonds. The van der Waals surface area contributed by atoms with Crippen LogP contribution in [0.3, 0.4) is 0 Å². The molecule has 2 N–H and O–H groups in total. The lowest BCUT2D eigenvalue weighted by Crippen LogP contribution is -2.39. The molecule has 8 nitrogen and oxygen atoms in total. The molecule has 0 radical (unpaired) electrons. The first-order chi connectivity index (χ1) is 12.4. The standard InChI is InChI=1S/C16H18N6O2S2/c1-11-2-4-13(5-3-11)26(23,24)22-10-25-8-12(22)7-21-9-19-14-6-18-16(17)20-15(14)21/h2-6,9,12H,7-8,10H2,1H3,(H2,17,18,20). The zero-order chi connectivity index (χ0) is 18.3. The van der Waals surface area contributed by atoms with Crippen LogP contribution in [0.15, 0.2) is 41.7 Å². The van der Waals surface area contributed by atoms with Crippen LogP contribution in [-0.2, 0) is 16.6 Å². The SMILES string of the molecule is Cc1ccc(S(=O)(=O)N2CSCC2Cn2cnc3cnc(N)nc32)cc1. The summed E-state index contributed by atoms with van der Waals surface area (Å²) in [7, 11) is -3.55. The summed E-state index contributed by atoms with van der Waals surface area (Å²) in [6, 6.07) is 6.76. The number of thioether (sulfide) groups is 1. The van der Waals surface area contributed by atoms with E-state index in [0.717, 1.165) is 5.56 Å². The highest BCUT2D eigenvalue weighted by Gasteiger charge is 2.36. The Bertz CT molecular complexity index is 1050. The van der Waals surface area contributed by atoms with Gasteiger partial charge in [-0.15, -0.1) is 11.8 Å². The number of hydrogen-bond acceptors (Lipinski definition) is 7. The summed E-state index contributed by atoms with van der Waals surface area (Å²) >= 11 is 1.60. The van der Waals surface area contributed by atoms with E-state index in [0.29, 0.717) is 34.2 Å². The molecule has 1 fully saturated rings. The number of nitrogen functional groups attached to an aromatic ring is 1. The maximum atomic E-state index is 13.0. The predicted molar refractivity (Wildman–Crippen MR) is 101 cm³/mol. The molecule has 1 aliphatic rings. The Labute approximate surface area is 155 Å². The molecule has 136 valence electrons. The van der Waals surface area contributed by atoms with Crippen molar-refractivity contribution in [3.63, 3.8) is 0 Å². The number of aromatic nitrogens is 4. The normalized spacial score (nSPS) is 18.6. The van der Waals surface area contributed by atoms with Gasteiger partial charge in [-0.3, -0.25) is 0 Å². The zero-order valence-corrected chi connectivity index (χ0v) is 15.7. The third-order valence-corrected chi connectivity index (χ3v) is 7.51. The molecule has 10 heteroatoms. The fourth-order valence-electron chi connectivity index (χ4n) is 2.95. The second-order valence-electron chi connectivity index (χ2n) is 6.19. The summed E-state index contributed by atoms with van der Waals surface area (Å²) in [5.41, 5.74) is 7.95. The molecule has 0 saturated carbocycles. The molecule has 1 saturated heterocycles. The average molecular weight is 390 g/mol. The van der Waals surface area contributed by atoms with Crippen LogP contribution in [0.1, 0.15) is 5.56 Å². The number of aryl methyl sites for hydroxylation is 1. The van der Waals surface area contributed by atoms with Crippen molar-refractivity contribution in [2.75, 3.05) is 17.4 Å². The molecule has 1 unspecified atom stereocenters. The molecule has 1 atom stereocenters. The third kappa shape index (κ3) is 3.04. The second kappa shape index (κ2) is 6.53. The van der Waals surface area contributed by atoms with Gasteiger partial charge in [0.25, 0.3) is 0 Å². The lowest BCUT2D eigenvalue weighted by atomic mass is 10.2. The first-order valence-electron chi connectivity index (χ1n) is 8.05. The van der Waals surface area contributed by atoms with Gasteiger partial charge in [0, 0.05) is 12.3 Å². The Morgan fingerprint density at radius 1 is 1.27 bits per heavy atom. The van der Waals surface area contributed by atoms with Gasteiger partial charge in [-0.25, -0.2) is 18.4 Å². The molecule has 0 aliphatic carbocycles. The molecule has 1 aliphatic heterocycles. The molecular weight excluding hydrogens is 372 g/mol. The Hall–Kier alpha value is -2.17. The van der Waals surface area contributed by atoms with E-state index < -0.39 is 10.0 Å². The van der Waals surface area contributed by atoms with E-state index >= 15 is 0 Å². The number of nitrogens with zero attached hydrogens (tertiary/aromatic N) is 5. The first-order valence-corrected chi connectivity index (χ1v) is 10.6. The third-order valence-electron chi connectivity index (χ3n) is 4.35. The molecule has 26 heavy (non-hydrogen) atoms. The van der Waals surface area contributed by atoms with Gasteiger partial charge in [0.15, 0.2) is 5.65 Å². The van der Waals surface area contributed by atoms with E-state index in [-0.39, 0.29) is 12.0 Å². The smallest absolute Gasteiger partial charge is 0.244 e. The fraction of sp³-hybridized carbons (Fsp3) is 0.312. The maximum absolute atomic E-state index is 13.0. The van der Waals surface area contributed by atoms with Gasteiger partial charge in [-0.05, 0) is 19.1 Å². The van der Waals surface area contributed by atoms with Crippen molar-refractivity contribution < 1.29 is 8.42 Å². The summed E-state index contributed by atoms with van der Waals surface area (Å²) in [4.78, 5) is 12.7. The van der Waals surface area contributed by atoms with Crippen molar-refractivity contribution in [3.05, 3.63) is 42.4 Å². The van der Waals surface area contributed by atoms with E-state index in [2.05, 4.69) is 15.0 Å². The number of sulfonamides is 1. The van der Waals surface area contributed by atoms with Crippen LogP contribution >= 0.6 is 11.8 Å². The Kier molecular flexibility index (Phi) is 4.33. The maximum Gasteiger partial charge on any atom is 0.244 e. The number of anilines is 1. The van der Waals surface area contributed by atoms with Gasteiger partial charge in [0.1, 0.15) is 5.52 Å². The number of rotatable bonds is 4. The largest absolute Gasteiger partial charge is 0.368 e. The van der Waals surface area contributed by atoms with Crippen molar-refractivity contribution in [1.29, 1.82) is 0 Å². The quantitative estimate of drug-likeness (QED) is 0.719. The molecule has 0 spiro atoms. The molecule has 3 aromatic rings. The highest BCUT2D eigenvalue weighted by molar-refractivity contribution is 8.00. The first kappa shape index (κ1) is 17.3. The molecule has 4 rings (SSSR count). The molecular formula is C16H18N6O2S2. The van der Waals surface area contributed by atoms with Crippen molar-refractivity contribution in [2.24, 2.45) is 0 Å². The van der Waals surface area contributed by atoms with Crippen LogP contribution < -0.4 is 5.73 Å². The predicted octanol–water partition coefficient (Wildman–Crippen LogP) is 1.48. The fourth-order valence-corrected chi connectivity index (χ4v) is 6.16. The lowest BCUT2D eigenvalue weighted by molar-refractivity contribution is 0.365. The number of hydrogen-bond donors (Lipinski definition) is 1. The van der Waals surface area contributed by atoms with Gasteiger partial charge in [0.05, 0.1) is 29.3 Å². The minimum atomic E-state index is -3.55. The molecule has 3 heterocycles. The molecule has 1 aromatic carbocycles. The summed E-state index contributed by atoms with van der Waals surface area (Å²) in [5, 5.41) is 0. The van der Waals surface area contributed by atoms with Gasteiger partial charge in [-0.2, -0.15) is 9.29 Å². The van der Waals surface area contributed by atoms with Gasteiger partial charge < -0.3 is 10.3 Å². The average Bonchev–Trinajstić information content (AvgIpc) is 3.23. The Morgan fingerprint density at radius 2 is 2.04 bits per heavy atom. The monoisotopic (exact) mass is 390 g/mol. The van der Waals surface area contributed by atoms with E-state index in [1.807, 2.05) is 23.6 Å². The van der Waals surface area contributed by atoms with Crippen LogP contribution in [-0.4, -0.2) is 49.9 Å². The number of benzene rings is 1. The van der Waals surface area contributed by atoms with Crippen molar-refractivity contribution in [1.82, 2.24) is 23.8 Å². The summed E-state index contributed by atoms with van der Waals surface area (Å²) < 4.78 is 29.5. The Balaban J connectivity index is 1.64. The number of nitrogens with two attached hydrogens (primary N) is 1. The van der Waals surface area contributed by atoms with Gasteiger partial charge in [-0.1, -0.05) is 17.7 Å².